The van der Waals surface area contributed by atoms with Crippen molar-refractivity contribution >= 4 is 34.9 Å². The van der Waals surface area contributed by atoms with Crippen molar-refractivity contribution in [1.29, 1.82) is 0 Å². The standard InChI is InChI=1S/C27H31N3O2.CH2O2/c1-26(2,3)27(25(28)32)14-12-19(13-15-27)18-6-9-22(10-7-18)30-24(31)21-8-11-23-20(17-21)5-4-16-29-23;2-1-3/h4-11,16-17,19H,12-15H2,1-3H3,(H2,28,32)(H,30,31);1H,(H,2,3). The van der Waals surface area contributed by atoms with Crippen molar-refractivity contribution in [3.63, 3.8) is 0 Å². The number of benzene rings is 2. The number of aromatic nitrogens is 1. The number of nitrogens with two attached hydrogens (primary N) is 1. The SMILES string of the molecule is CC(C)(C)C1(C(N)=O)CCC(c2ccc(NC(=O)c3ccc4ncccc4c3)cc2)CC1.O=CO. The zero-order valence-electron chi connectivity index (χ0n) is 20.5. The van der Waals surface area contributed by atoms with Crippen LogP contribution < -0.4 is 11.1 Å². The number of fused-ring (bicyclic) bond motifs is 1. The molecule has 0 unspecified atom stereocenters. The Labute approximate surface area is 205 Å². The summed E-state index contributed by atoms with van der Waals surface area (Å²) in [5.41, 5.74) is 8.73. The number of nitrogens with one attached hydrogen (secondary N) is 1. The number of hydrogen-bond donors (Lipinski definition) is 3. The quantitative estimate of drug-likeness (QED) is 0.438. The third-order valence-electron chi connectivity index (χ3n) is 7.25. The van der Waals surface area contributed by atoms with Crippen LogP contribution in [0.1, 0.15) is 68.3 Å². The van der Waals surface area contributed by atoms with Crippen molar-refractivity contribution < 1.29 is 19.5 Å². The first kappa shape index (κ1) is 25.9. The van der Waals surface area contributed by atoms with E-state index in [0.717, 1.165) is 42.3 Å². The molecule has 35 heavy (non-hydrogen) atoms. The Morgan fingerprint density at radius 3 is 2.29 bits per heavy atom. The van der Waals surface area contributed by atoms with Crippen LogP contribution in [0.5, 0.6) is 0 Å². The predicted molar refractivity (Wildman–Crippen MR) is 137 cm³/mol. The van der Waals surface area contributed by atoms with Crippen LogP contribution in [0.3, 0.4) is 0 Å². The first-order valence-electron chi connectivity index (χ1n) is 11.7. The van der Waals surface area contributed by atoms with Crippen LogP contribution in [0.15, 0.2) is 60.8 Å². The summed E-state index contributed by atoms with van der Waals surface area (Å²) in [7, 11) is 0. The van der Waals surface area contributed by atoms with Gasteiger partial charge < -0.3 is 16.2 Å². The number of carbonyl (C=O) groups excluding carboxylic acids is 2. The Hall–Kier alpha value is -3.74. The number of carboxylic acid groups (broad SMARTS) is 1. The van der Waals surface area contributed by atoms with E-state index in [0.29, 0.717) is 11.5 Å². The van der Waals surface area contributed by atoms with Crippen molar-refractivity contribution in [2.24, 2.45) is 16.6 Å². The van der Waals surface area contributed by atoms with Gasteiger partial charge in [-0.05, 0) is 79.0 Å². The molecular weight excluding hydrogens is 442 g/mol. The molecule has 1 aliphatic carbocycles. The van der Waals surface area contributed by atoms with Crippen LogP contribution in [0.2, 0.25) is 0 Å². The van der Waals surface area contributed by atoms with E-state index in [-0.39, 0.29) is 23.7 Å². The number of hydrogen-bond acceptors (Lipinski definition) is 4. The summed E-state index contributed by atoms with van der Waals surface area (Å²) in [6.45, 7) is 6.09. The molecule has 0 bridgehead atoms. The summed E-state index contributed by atoms with van der Waals surface area (Å²) < 4.78 is 0. The zero-order valence-corrected chi connectivity index (χ0v) is 20.5. The largest absolute Gasteiger partial charge is 0.483 e. The Morgan fingerprint density at radius 1 is 1.09 bits per heavy atom. The highest BCUT2D eigenvalue weighted by Crippen LogP contribution is 2.52. The van der Waals surface area contributed by atoms with Gasteiger partial charge in [0.2, 0.25) is 5.91 Å². The van der Waals surface area contributed by atoms with E-state index in [1.807, 2.05) is 36.4 Å². The second-order valence-electron chi connectivity index (χ2n) is 10.1. The maximum Gasteiger partial charge on any atom is 0.290 e. The van der Waals surface area contributed by atoms with Gasteiger partial charge in [0, 0.05) is 22.8 Å². The maximum atomic E-state index is 12.7. The molecule has 4 rings (SSSR count). The van der Waals surface area contributed by atoms with Gasteiger partial charge in [-0.15, -0.1) is 0 Å². The lowest BCUT2D eigenvalue weighted by atomic mass is 9.57. The summed E-state index contributed by atoms with van der Waals surface area (Å²) in [4.78, 5) is 37.6. The number of rotatable bonds is 4. The fraction of sp³-hybridized carbons (Fsp3) is 0.357. The molecule has 2 amide bonds. The molecular formula is C28H33N3O4. The minimum atomic E-state index is -0.438. The molecule has 4 N–H and O–H groups in total. The van der Waals surface area contributed by atoms with Crippen molar-refractivity contribution in [3.8, 4) is 0 Å². The summed E-state index contributed by atoms with van der Waals surface area (Å²) in [5, 5.41) is 10.8. The molecule has 0 saturated heterocycles. The topological polar surface area (TPSA) is 122 Å². The average Bonchev–Trinajstić information content (AvgIpc) is 2.84. The Morgan fingerprint density at radius 2 is 1.71 bits per heavy atom. The normalized spacial score (nSPS) is 19.8. The third-order valence-corrected chi connectivity index (χ3v) is 7.25. The minimum Gasteiger partial charge on any atom is -0.483 e. The lowest BCUT2D eigenvalue weighted by Crippen LogP contribution is -2.48. The smallest absolute Gasteiger partial charge is 0.290 e. The number of primary amides is 1. The molecule has 0 atom stereocenters. The number of pyridine rings is 1. The van der Waals surface area contributed by atoms with Crippen molar-refractivity contribution in [2.75, 3.05) is 5.32 Å². The fourth-order valence-corrected chi connectivity index (χ4v) is 5.07. The van der Waals surface area contributed by atoms with Crippen LogP contribution in [-0.2, 0) is 9.59 Å². The van der Waals surface area contributed by atoms with E-state index in [1.165, 1.54) is 5.56 Å². The molecule has 0 spiro atoms. The first-order chi connectivity index (χ1) is 16.6. The van der Waals surface area contributed by atoms with Crippen LogP contribution in [-0.4, -0.2) is 28.4 Å². The Kier molecular flexibility index (Phi) is 7.89. The Bertz CT molecular complexity index is 1190. The molecule has 1 fully saturated rings. The molecule has 3 aromatic rings. The molecule has 7 nitrogen and oxygen atoms in total. The molecule has 184 valence electrons. The van der Waals surface area contributed by atoms with Crippen molar-refractivity contribution in [2.45, 2.75) is 52.4 Å². The van der Waals surface area contributed by atoms with Crippen LogP contribution in [0, 0.1) is 10.8 Å². The highest BCUT2D eigenvalue weighted by Gasteiger charge is 2.49. The van der Waals surface area contributed by atoms with E-state index >= 15 is 0 Å². The van der Waals surface area contributed by atoms with Gasteiger partial charge in [-0.3, -0.25) is 19.4 Å². The number of nitrogens with zero attached hydrogens (tertiary/aromatic N) is 1. The van der Waals surface area contributed by atoms with Crippen LogP contribution >= 0.6 is 0 Å². The molecule has 2 aromatic carbocycles. The number of anilines is 1. The van der Waals surface area contributed by atoms with E-state index in [2.05, 4.69) is 43.2 Å². The summed E-state index contributed by atoms with van der Waals surface area (Å²) >= 11 is 0. The van der Waals surface area contributed by atoms with E-state index in [4.69, 9.17) is 15.6 Å². The molecule has 1 aliphatic rings. The van der Waals surface area contributed by atoms with Gasteiger partial charge in [0.15, 0.2) is 0 Å². The highest BCUT2D eigenvalue weighted by molar-refractivity contribution is 6.06. The molecule has 0 aliphatic heterocycles. The average molecular weight is 476 g/mol. The molecule has 7 heteroatoms. The second-order valence-corrected chi connectivity index (χ2v) is 10.1. The van der Waals surface area contributed by atoms with E-state index in [1.54, 1.807) is 12.3 Å². The van der Waals surface area contributed by atoms with Gasteiger partial charge in [0.05, 0.1) is 10.9 Å². The van der Waals surface area contributed by atoms with Crippen LogP contribution in [0.25, 0.3) is 10.9 Å². The second kappa shape index (κ2) is 10.7. The highest BCUT2D eigenvalue weighted by atomic mass is 16.3. The van der Waals surface area contributed by atoms with Crippen molar-refractivity contribution in [3.05, 3.63) is 71.9 Å². The first-order valence-corrected chi connectivity index (χ1v) is 11.7. The van der Waals surface area contributed by atoms with Gasteiger partial charge in [-0.1, -0.05) is 39.0 Å². The van der Waals surface area contributed by atoms with E-state index in [9.17, 15) is 9.59 Å². The fourth-order valence-electron chi connectivity index (χ4n) is 5.07. The lowest BCUT2D eigenvalue weighted by Gasteiger charge is -2.47. The molecule has 1 aromatic heterocycles. The predicted octanol–water partition coefficient (Wildman–Crippen LogP) is 5.36. The third kappa shape index (κ3) is 5.67. The van der Waals surface area contributed by atoms with Crippen LogP contribution in [0.4, 0.5) is 5.69 Å². The Balaban J connectivity index is 0.00000108. The van der Waals surface area contributed by atoms with Gasteiger partial charge in [-0.2, -0.15) is 0 Å². The minimum absolute atomic E-state index is 0.141. The molecule has 0 radical (unpaired) electrons. The summed E-state index contributed by atoms with van der Waals surface area (Å²) in [5.74, 6) is 0.0890. The number of carbonyl (C=O) groups is 3. The number of amides is 2. The summed E-state index contributed by atoms with van der Waals surface area (Å²) in [6, 6.07) is 17.4. The maximum absolute atomic E-state index is 12.7. The van der Waals surface area contributed by atoms with E-state index < -0.39 is 5.41 Å². The molecule has 1 heterocycles. The zero-order chi connectivity index (χ0) is 25.6. The van der Waals surface area contributed by atoms with Gasteiger partial charge >= 0.3 is 0 Å². The molecule has 1 saturated carbocycles. The monoisotopic (exact) mass is 475 g/mol. The van der Waals surface area contributed by atoms with Gasteiger partial charge in [-0.25, -0.2) is 0 Å². The van der Waals surface area contributed by atoms with Gasteiger partial charge in [0.1, 0.15) is 0 Å². The summed E-state index contributed by atoms with van der Waals surface area (Å²) in [6.07, 6.45) is 5.25. The van der Waals surface area contributed by atoms with Gasteiger partial charge in [0.25, 0.3) is 12.4 Å². The lowest BCUT2D eigenvalue weighted by molar-refractivity contribution is -0.137. The van der Waals surface area contributed by atoms with Crippen molar-refractivity contribution in [1.82, 2.24) is 4.98 Å².